The van der Waals surface area contributed by atoms with Crippen molar-refractivity contribution in [3.8, 4) is 11.1 Å². The van der Waals surface area contributed by atoms with Crippen LogP contribution < -0.4 is 0 Å². The third kappa shape index (κ3) is 2.83. The van der Waals surface area contributed by atoms with Gasteiger partial charge in [-0.3, -0.25) is 0 Å². The molecule has 0 nitrogen and oxygen atoms in total. The van der Waals surface area contributed by atoms with E-state index in [2.05, 4.69) is 113 Å². The third-order valence-corrected chi connectivity index (χ3v) is 7.52. The predicted molar refractivity (Wildman–Crippen MR) is 146 cm³/mol. The molecule has 0 aromatic heterocycles. The van der Waals surface area contributed by atoms with Gasteiger partial charge in [0.05, 0.1) is 0 Å². The van der Waals surface area contributed by atoms with Crippen LogP contribution in [0.5, 0.6) is 0 Å². The molecule has 0 saturated heterocycles. The van der Waals surface area contributed by atoms with Crippen LogP contribution in [0.15, 0.2) is 78.9 Å². The molecule has 0 N–H and O–H groups in total. The van der Waals surface area contributed by atoms with Crippen LogP contribution in [0, 0.1) is 6.92 Å². The van der Waals surface area contributed by atoms with Crippen LogP contribution in [0.1, 0.15) is 56.2 Å². The van der Waals surface area contributed by atoms with E-state index in [1.54, 1.807) is 0 Å². The van der Waals surface area contributed by atoms with E-state index in [1.807, 2.05) is 0 Å². The Kier molecular flexibility index (Phi) is 4.49. The van der Waals surface area contributed by atoms with Crippen LogP contribution in [-0.4, -0.2) is 0 Å². The molecule has 0 bridgehead atoms. The fourth-order valence-electron chi connectivity index (χ4n) is 5.94. The average molecular weight is 427 g/mol. The minimum atomic E-state index is 0.474. The normalized spacial score (nSPS) is 12.3. The number of aryl methyl sites for hydroxylation is 1. The van der Waals surface area contributed by atoms with Crippen LogP contribution >= 0.6 is 0 Å². The first-order chi connectivity index (χ1) is 16.0. The molecule has 0 radical (unpaired) electrons. The van der Waals surface area contributed by atoms with Gasteiger partial charge < -0.3 is 0 Å². The van der Waals surface area contributed by atoms with Gasteiger partial charge in [0.2, 0.25) is 0 Å². The second-order valence-electron chi connectivity index (χ2n) is 10.2. The number of rotatable bonds is 3. The summed E-state index contributed by atoms with van der Waals surface area (Å²) in [7, 11) is 0. The molecule has 0 aliphatic heterocycles. The van der Waals surface area contributed by atoms with E-state index in [9.17, 15) is 0 Å². The largest absolute Gasteiger partial charge is 0.0617 e. The second-order valence-corrected chi connectivity index (χ2v) is 10.2. The van der Waals surface area contributed by atoms with Crippen LogP contribution in [0.2, 0.25) is 0 Å². The van der Waals surface area contributed by atoms with Crippen molar-refractivity contribution < 1.29 is 0 Å². The summed E-state index contributed by atoms with van der Waals surface area (Å²) in [6, 6.07) is 29.9. The van der Waals surface area contributed by atoms with Crippen molar-refractivity contribution in [2.45, 2.75) is 46.5 Å². The molecule has 162 valence electrons. The molecule has 6 rings (SSSR count). The maximum atomic E-state index is 2.38. The molecule has 33 heavy (non-hydrogen) atoms. The van der Waals surface area contributed by atoms with E-state index >= 15 is 0 Å². The van der Waals surface area contributed by atoms with E-state index in [0.29, 0.717) is 11.8 Å². The summed E-state index contributed by atoms with van der Waals surface area (Å²) in [5, 5.41) is 11.0. The first-order valence-electron chi connectivity index (χ1n) is 12.2. The van der Waals surface area contributed by atoms with E-state index in [-0.39, 0.29) is 0 Å². The standard InChI is InChI=1S/C33H30/c1-19(2)22-9-6-10-23(20(3)4)31(22)29-17-18-30-28-16-15-21(5)24-11-7-12-25(32(24)28)26-13-8-14-27(29)33(26)30/h6-20H,1-5H3. The molecule has 6 aromatic carbocycles. The highest BCUT2D eigenvalue weighted by Gasteiger charge is 2.20. The molecule has 0 fully saturated rings. The van der Waals surface area contributed by atoms with Gasteiger partial charge in [0.1, 0.15) is 0 Å². The van der Waals surface area contributed by atoms with Gasteiger partial charge in [-0.1, -0.05) is 107 Å². The average Bonchev–Trinajstić information content (AvgIpc) is 2.82. The Balaban J connectivity index is 1.83. The van der Waals surface area contributed by atoms with Gasteiger partial charge in [-0.15, -0.1) is 0 Å². The molecule has 0 saturated carbocycles. The minimum absolute atomic E-state index is 0.474. The molecule has 0 aliphatic rings. The Bertz CT molecular complexity index is 1620. The Hall–Kier alpha value is -3.38. The zero-order chi connectivity index (χ0) is 22.9. The van der Waals surface area contributed by atoms with E-state index in [4.69, 9.17) is 0 Å². The highest BCUT2D eigenvalue weighted by atomic mass is 14.2. The molecule has 0 heteroatoms. The quantitative estimate of drug-likeness (QED) is 0.195. The van der Waals surface area contributed by atoms with Crippen molar-refractivity contribution in [3.63, 3.8) is 0 Å². The molecular weight excluding hydrogens is 396 g/mol. The van der Waals surface area contributed by atoms with Crippen LogP contribution in [0.4, 0.5) is 0 Å². The van der Waals surface area contributed by atoms with Crippen molar-refractivity contribution in [2.75, 3.05) is 0 Å². The van der Waals surface area contributed by atoms with Crippen molar-refractivity contribution in [1.29, 1.82) is 0 Å². The minimum Gasteiger partial charge on any atom is -0.0617 e. The lowest BCUT2D eigenvalue weighted by molar-refractivity contribution is 0.838. The van der Waals surface area contributed by atoms with Gasteiger partial charge in [0, 0.05) is 0 Å². The summed E-state index contributed by atoms with van der Waals surface area (Å²) in [5.41, 5.74) is 7.02. The van der Waals surface area contributed by atoms with Crippen LogP contribution in [-0.2, 0) is 0 Å². The van der Waals surface area contributed by atoms with Crippen molar-refractivity contribution >= 4 is 43.1 Å². The Morgan fingerprint density at radius 3 is 1.52 bits per heavy atom. The number of hydrogen-bond acceptors (Lipinski definition) is 0. The van der Waals surface area contributed by atoms with Crippen molar-refractivity contribution in [1.82, 2.24) is 0 Å². The summed E-state index contributed by atoms with van der Waals surface area (Å²) >= 11 is 0. The topological polar surface area (TPSA) is 0 Å². The zero-order valence-corrected chi connectivity index (χ0v) is 20.2. The lowest BCUT2D eigenvalue weighted by Crippen LogP contribution is -2.00. The molecule has 0 amide bonds. The molecule has 0 aliphatic carbocycles. The Labute approximate surface area is 196 Å². The molecular formula is C33H30. The summed E-state index contributed by atoms with van der Waals surface area (Å²) in [6.45, 7) is 11.5. The second kappa shape index (κ2) is 7.32. The van der Waals surface area contributed by atoms with Gasteiger partial charge in [-0.25, -0.2) is 0 Å². The molecule has 0 atom stereocenters. The summed E-state index contributed by atoms with van der Waals surface area (Å²) in [5.74, 6) is 0.948. The number of hydrogen-bond donors (Lipinski definition) is 0. The zero-order valence-electron chi connectivity index (χ0n) is 20.2. The number of fused-ring (bicyclic) bond motifs is 2. The molecule has 0 spiro atoms. The van der Waals surface area contributed by atoms with Gasteiger partial charge in [-0.05, 0) is 89.7 Å². The maximum absolute atomic E-state index is 2.38. The Morgan fingerprint density at radius 1 is 0.455 bits per heavy atom. The van der Waals surface area contributed by atoms with Gasteiger partial charge in [0.25, 0.3) is 0 Å². The van der Waals surface area contributed by atoms with E-state index < -0.39 is 0 Å². The molecule has 0 unspecified atom stereocenters. The van der Waals surface area contributed by atoms with E-state index in [1.165, 1.54) is 70.9 Å². The van der Waals surface area contributed by atoms with Crippen LogP contribution in [0.25, 0.3) is 54.2 Å². The SMILES string of the molecule is Cc1ccc2c3ccc(-c4c(C(C)C)cccc4C(C)C)c4cccc(c5cccc1c52)c43. The van der Waals surface area contributed by atoms with Gasteiger partial charge >= 0.3 is 0 Å². The maximum Gasteiger partial charge on any atom is -0.00201 e. The van der Waals surface area contributed by atoms with Gasteiger partial charge in [-0.2, -0.15) is 0 Å². The third-order valence-electron chi connectivity index (χ3n) is 7.52. The van der Waals surface area contributed by atoms with Crippen molar-refractivity contribution in [2.24, 2.45) is 0 Å². The lowest BCUT2D eigenvalue weighted by Gasteiger charge is -2.23. The fourth-order valence-corrected chi connectivity index (χ4v) is 5.94. The predicted octanol–water partition coefficient (Wildman–Crippen LogP) is 9.96. The first-order valence-corrected chi connectivity index (χ1v) is 12.2. The van der Waals surface area contributed by atoms with Crippen LogP contribution in [0.3, 0.4) is 0 Å². The first kappa shape index (κ1) is 20.2. The molecule has 0 heterocycles. The highest BCUT2D eigenvalue weighted by Crippen LogP contribution is 2.45. The lowest BCUT2D eigenvalue weighted by atomic mass is 9.81. The molecule has 6 aromatic rings. The van der Waals surface area contributed by atoms with E-state index in [0.717, 1.165) is 0 Å². The monoisotopic (exact) mass is 426 g/mol. The highest BCUT2D eigenvalue weighted by molar-refractivity contribution is 6.34. The van der Waals surface area contributed by atoms with Crippen molar-refractivity contribution in [3.05, 3.63) is 95.6 Å². The van der Waals surface area contributed by atoms with Gasteiger partial charge in [0.15, 0.2) is 0 Å². The summed E-state index contributed by atoms with van der Waals surface area (Å²) in [4.78, 5) is 0. The fraction of sp³-hybridized carbons (Fsp3) is 0.212. The summed E-state index contributed by atoms with van der Waals surface area (Å²) in [6.07, 6.45) is 0. The smallest absolute Gasteiger partial charge is 0.00201 e. The number of benzene rings is 6. The Morgan fingerprint density at radius 2 is 0.909 bits per heavy atom. The summed E-state index contributed by atoms with van der Waals surface area (Å²) < 4.78 is 0.